The highest BCUT2D eigenvalue weighted by Gasteiger charge is 1.89. The van der Waals surface area contributed by atoms with E-state index in [1.54, 1.807) is 6.26 Å². The molecule has 0 aliphatic heterocycles. The van der Waals surface area contributed by atoms with Crippen LogP contribution in [0.5, 0.6) is 0 Å². The lowest BCUT2D eigenvalue weighted by Crippen LogP contribution is -1.70. The van der Waals surface area contributed by atoms with Crippen LogP contribution in [-0.4, -0.2) is 22.7 Å². The molecule has 6 heavy (non-hydrogen) atoms. The SMILES string of the molecule is C[SH]=P(C)(O)O. The Labute approximate surface area is 41.0 Å². The molecule has 0 aliphatic carbocycles. The zero-order valence-corrected chi connectivity index (χ0v) is 5.58. The Balaban J connectivity index is 3.79. The molecule has 4 heteroatoms. The Morgan fingerprint density at radius 1 is 1.50 bits per heavy atom. The predicted octanol–water partition coefficient (Wildman–Crippen LogP) is -0.192. The van der Waals surface area contributed by atoms with Gasteiger partial charge in [0.25, 0.3) is 0 Å². The topological polar surface area (TPSA) is 40.5 Å². The van der Waals surface area contributed by atoms with E-state index in [0.29, 0.717) is 10.9 Å². The van der Waals surface area contributed by atoms with Crippen molar-refractivity contribution in [3.63, 3.8) is 0 Å². The highest BCUT2D eigenvalue weighted by atomic mass is 32.5. The molecule has 0 bridgehead atoms. The van der Waals surface area contributed by atoms with E-state index in [2.05, 4.69) is 0 Å². The van der Waals surface area contributed by atoms with E-state index in [1.807, 2.05) is 0 Å². The van der Waals surface area contributed by atoms with E-state index in [1.165, 1.54) is 6.66 Å². The molecule has 0 aromatic carbocycles. The maximum absolute atomic E-state index is 8.48. The van der Waals surface area contributed by atoms with Gasteiger partial charge in [-0.3, -0.25) is 0 Å². The molecule has 0 rings (SSSR count). The lowest BCUT2D eigenvalue weighted by atomic mass is 12.0. The molecule has 0 heterocycles. The van der Waals surface area contributed by atoms with Gasteiger partial charge in [0.2, 0.25) is 0 Å². The summed E-state index contributed by atoms with van der Waals surface area (Å²) >= 11 is 0. The molecule has 0 atom stereocenters. The van der Waals surface area contributed by atoms with Gasteiger partial charge < -0.3 is 9.79 Å². The molecular weight excluding hydrogens is 119 g/mol. The van der Waals surface area contributed by atoms with Gasteiger partial charge in [-0.15, -0.1) is 0 Å². The zero-order chi connectivity index (χ0) is 5.21. The van der Waals surface area contributed by atoms with Crippen molar-refractivity contribution < 1.29 is 9.79 Å². The van der Waals surface area contributed by atoms with Crippen molar-refractivity contribution in [3.8, 4) is 0 Å². The van der Waals surface area contributed by atoms with Gasteiger partial charge >= 0.3 is 0 Å². The molecule has 0 spiro atoms. The van der Waals surface area contributed by atoms with Crippen LogP contribution in [0.4, 0.5) is 0 Å². The third-order valence-electron chi connectivity index (χ3n) is 0.379. The van der Waals surface area contributed by atoms with E-state index in [0.717, 1.165) is 0 Å². The molecule has 0 saturated carbocycles. The average Bonchev–Trinajstić information content (AvgIpc) is 1.35. The van der Waals surface area contributed by atoms with Gasteiger partial charge in [-0.25, -0.2) is 0 Å². The molecule has 0 radical (unpaired) electrons. The fraction of sp³-hybridized carbons (Fsp3) is 1.00. The molecular formula is C2H9O2PS. The highest BCUT2D eigenvalue weighted by molar-refractivity contribution is 8.18. The van der Waals surface area contributed by atoms with Crippen molar-refractivity contribution in [2.45, 2.75) is 0 Å². The minimum absolute atomic E-state index is 0.697. The summed E-state index contributed by atoms with van der Waals surface area (Å²) in [5, 5.41) is 0. The lowest BCUT2D eigenvalue weighted by molar-refractivity contribution is 0.487. The van der Waals surface area contributed by atoms with Gasteiger partial charge in [-0.05, 0) is 6.26 Å². The van der Waals surface area contributed by atoms with E-state index in [-0.39, 0.29) is 0 Å². The Kier molecular flexibility index (Phi) is 2.37. The maximum atomic E-state index is 8.48. The van der Waals surface area contributed by atoms with Crippen LogP contribution in [0.3, 0.4) is 0 Å². The monoisotopic (exact) mass is 128 g/mol. The summed E-state index contributed by atoms with van der Waals surface area (Å²) in [5.74, 6) is 0. The first kappa shape index (κ1) is 6.70. The van der Waals surface area contributed by atoms with Gasteiger partial charge in [0.05, 0.1) is 0 Å². The van der Waals surface area contributed by atoms with Gasteiger partial charge in [0.15, 0.2) is 0 Å². The fourth-order valence-corrected chi connectivity index (χ4v) is 0. The van der Waals surface area contributed by atoms with Gasteiger partial charge in [-0.2, -0.15) is 10.9 Å². The van der Waals surface area contributed by atoms with Gasteiger partial charge in [-0.1, -0.05) is 0 Å². The largest absolute Gasteiger partial charge is 0.349 e. The first-order valence-corrected chi connectivity index (χ1v) is 5.68. The Bertz CT molecular complexity index is 75.3. The molecule has 0 amide bonds. The average molecular weight is 128 g/mol. The molecule has 0 fully saturated rings. The number of thiol groups is 1. The van der Waals surface area contributed by atoms with E-state index < -0.39 is 6.49 Å². The van der Waals surface area contributed by atoms with Crippen molar-refractivity contribution >= 4 is 17.4 Å². The second-order valence-corrected chi connectivity index (χ2v) is 6.68. The van der Waals surface area contributed by atoms with Gasteiger partial charge in [0, 0.05) is 6.66 Å². The standard InChI is InChI=1S/C2H9O2PS/c1-5(3,4)6-2/h3-4,6H,1-2H3. The number of hydrogen-bond donors (Lipinski definition) is 3. The molecule has 0 aliphatic rings. The predicted molar refractivity (Wildman–Crippen MR) is 32.0 cm³/mol. The number of rotatable bonds is 0. The Morgan fingerprint density at radius 3 is 1.67 bits per heavy atom. The molecule has 0 unspecified atom stereocenters. The molecule has 0 aromatic rings. The van der Waals surface area contributed by atoms with Crippen LogP contribution in [0.15, 0.2) is 0 Å². The summed E-state index contributed by atoms with van der Waals surface area (Å²) < 4.78 is 0. The zero-order valence-electron chi connectivity index (χ0n) is 3.79. The van der Waals surface area contributed by atoms with E-state index >= 15 is 0 Å². The Hall–Kier alpha value is 0.700. The second kappa shape index (κ2) is 2.12. The van der Waals surface area contributed by atoms with Crippen LogP contribution < -0.4 is 0 Å². The van der Waals surface area contributed by atoms with Crippen molar-refractivity contribution in [1.29, 1.82) is 0 Å². The lowest BCUT2D eigenvalue weighted by Gasteiger charge is -1.98. The van der Waals surface area contributed by atoms with Crippen LogP contribution in [0.25, 0.3) is 0 Å². The Morgan fingerprint density at radius 2 is 1.67 bits per heavy atom. The van der Waals surface area contributed by atoms with Crippen LogP contribution in [0.2, 0.25) is 0 Å². The fourth-order valence-electron chi connectivity index (χ4n) is 0. The first-order chi connectivity index (χ1) is 2.56. The van der Waals surface area contributed by atoms with E-state index in [4.69, 9.17) is 9.79 Å². The van der Waals surface area contributed by atoms with Crippen molar-refractivity contribution in [1.82, 2.24) is 0 Å². The highest BCUT2D eigenvalue weighted by Crippen LogP contribution is 2.30. The van der Waals surface area contributed by atoms with Crippen LogP contribution in [-0.2, 0) is 10.9 Å². The van der Waals surface area contributed by atoms with Crippen molar-refractivity contribution in [2.24, 2.45) is 0 Å². The molecule has 0 aromatic heterocycles. The first-order valence-electron chi connectivity index (χ1n) is 1.49. The minimum Gasteiger partial charge on any atom is -0.349 e. The van der Waals surface area contributed by atoms with Crippen LogP contribution in [0, 0.1) is 0 Å². The summed E-state index contributed by atoms with van der Waals surface area (Å²) in [5.41, 5.74) is 0. The quantitative estimate of drug-likeness (QED) is 0.312. The normalized spacial score (nSPS) is 12.0. The summed E-state index contributed by atoms with van der Waals surface area (Å²) in [4.78, 5) is 17.0. The second-order valence-electron chi connectivity index (χ2n) is 1.07. The summed E-state index contributed by atoms with van der Waals surface area (Å²) in [6.45, 7) is -0.971. The summed E-state index contributed by atoms with van der Waals surface area (Å²) in [7, 11) is 0.697. The van der Waals surface area contributed by atoms with E-state index in [9.17, 15) is 0 Å². The third-order valence-corrected chi connectivity index (χ3v) is 3.41. The molecule has 2 N–H and O–H groups in total. The molecule has 2 nitrogen and oxygen atoms in total. The smallest absolute Gasteiger partial charge is 0.137 e. The van der Waals surface area contributed by atoms with Crippen LogP contribution >= 0.6 is 6.49 Å². The van der Waals surface area contributed by atoms with Crippen molar-refractivity contribution in [2.75, 3.05) is 12.9 Å². The third kappa shape index (κ3) is 4.70. The summed E-state index contributed by atoms with van der Waals surface area (Å²) in [6.07, 6.45) is 1.73. The van der Waals surface area contributed by atoms with Crippen molar-refractivity contribution in [3.05, 3.63) is 0 Å². The minimum atomic E-state index is -2.42. The number of hydrogen-bond acceptors (Lipinski definition) is 0. The molecule has 40 valence electrons. The van der Waals surface area contributed by atoms with Gasteiger partial charge in [0.1, 0.15) is 6.49 Å². The van der Waals surface area contributed by atoms with Crippen LogP contribution in [0.1, 0.15) is 0 Å². The summed E-state index contributed by atoms with van der Waals surface area (Å²) in [6, 6.07) is 0. The maximum Gasteiger partial charge on any atom is 0.137 e. The molecule has 0 saturated heterocycles.